The largest absolute Gasteiger partial charge is 0.323 e. The SMILES string of the molecule is CC(=O)c1ccc(NC(=O)Nc2ccc(C(C)C)cc2)cc1. The lowest BCUT2D eigenvalue weighted by Crippen LogP contribution is -2.19. The molecule has 0 bridgehead atoms. The first-order valence-electron chi connectivity index (χ1n) is 7.24. The topological polar surface area (TPSA) is 58.2 Å². The molecule has 22 heavy (non-hydrogen) atoms. The summed E-state index contributed by atoms with van der Waals surface area (Å²) in [7, 11) is 0. The Balaban J connectivity index is 1.96. The molecule has 114 valence electrons. The Labute approximate surface area is 130 Å². The molecule has 0 aliphatic carbocycles. The molecule has 0 unspecified atom stereocenters. The quantitative estimate of drug-likeness (QED) is 0.806. The van der Waals surface area contributed by atoms with Gasteiger partial charge in [0.05, 0.1) is 0 Å². The molecule has 0 saturated carbocycles. The number of nitrogens with one attached hydrogen (secondary N) is 2. The molecule has 0 spiro atoms. The van der Waals surface area contributed by atoms with Crippen LogP contribution in [0, 0.1) is 0 Å². The number of benzene rings is 2. The average molecular weight is 296 g/mol. The van der Waals surface area contributed by atoms with Crippen molar-refractivity contribution in [2.45, 2.75) is 26.7 Å². The number of Topliss-reactive ketones (excluding diaryl/α,β-unsaturated/α-hetero) is 1. The average Bonchev–Trinajstić information content (AvgIpc) is 2.48. The number of carbonyl (C=O) groups is 2. The van der Waals surface area contributed by atoms with Crippen LogP contribution in [0.15, 0.2) is 48.5 Å². The second kappa shape index (κ2) is 6.89. The van der Waals surface area contributed by atoms with Gasteiger partial charge in [-0.2, -0.15) is 0 Å². The first-order chi connectivity index (χ1) is 10.5. The van der Waals surface area contributed by atoms with E-state index in [1.54, 1.807) is 24.3 Å². The van der Waals surface area contributed by atoms with E-state index in [-0.39, 0.29) is 11.8 Å². The number of hydrogen-bond donors (Lipinski definition) is 2. The molecule has 2 N–H and O–H groups in total. The summed E-state index contributed by atoms with van der Waals surface area (Å²) in [5, 5.41) is 5.51. The van der Waals surface area contributed by atoms with Crippen LogP contribution in [0.1, 0.15) is 42.6 Å². The fraction of sp³-hybridized carbons (Fsp3) is 0.222. The van der Waals surface area contributed by atoms with Crippen molar-refractivity contribution in [3.63, 3.8) is 0 Å². The minimum absolute atomic E-state index is 0.00115. The zero-order chi connectivity index (χ0) is 16.1. The van der Waals surface area contributed by atoms with Crippen LogP contribution < -0.4 is 10.6 Å². The Hall–Kier alpha value is -2.62. The lowest BCUT2D eigenvalue weighted by molar-refractivity contribution is 0.101. The zero-order valence-electron chi connectivity index (χ0n) is 13.0. The van der Waals surface area contributed by atoms with Crippen LogP contribution in [0.3, 0.4) is 0 Å². The van der Waals surface area contributed by atoms with Crippen molar-refractivity contribution in [2.75, 3.05) is 10.6 Å². The van der Waals surface area contributed by atoms with Gasteiger partial charge in [0.25, 0.3) is 0 Å². The van der Waals surface area contributed by atoms with Crippen molar-refractivity contribution >= 4 is 23.2 Å². The normalized spacial score (nSPS) is 10.4. The summed E-state index contributed by atoms with van der Waals surface area (Å²) in [6, 6.07) is 14.2. The minimum atomic E-state index is -0.312. The third-order valence-electron chi connectivity index (χ3n) is 3.38. The summed E-state index contributed by atoms with van der Waals surface area (Å²) in [5.74, 6) is 0.462. The van der Waals surface area contributed by atoms with Crippen LogP contribution >= 0.6 is 0 Å². The third kappa shape index (κ3) is 4.19. The van der Waals surface area contributed by atoms with Crippen LogP contribution in [0.25, 0.3) is 0 Å². The minimum Gasteiger partial charge on any atom is -0.308 e. The van der Waals surface area contributed by atoms with E-state index in [0.717, 1.165) is 5.69 Å². The second-order valence-corrected chi connectivity index (χ2v) is 5.49. The Kier molecular flexibility index (Phi) is 4.94. The highest BCUT2D eigenvalue weighted by atomic mass is 16.2. The van der Waals surface area contributed by atoms with Gasteiger partial charge < -0.3 is 10.6 Å². The monoisotopic (exact) mass is 296 g/mol. The van der Waals surface area contributed by atoms with Crippen molar-refractivity contribution in [1.82, 2.24) is 0 Å². The second-order valence-electron chi connectivity index (χ2n) is 5.49. The number of urea groups is 1. The number of amides is 2. The zero-order valence-corrected chi connectivity index (χ0v) is 13.0. The predicted molar refractivity (Wildman–Crippen MR) is 89.6 cm³/mol. The lowest BCUT2D eigenvalue weighted by atomic mass is 10.0. The summed E-state index contributed by atoms with van der Waals surface area (Å²) in [6.07, 6.45) is 0. The molecule has 0 atom stereocenters. The van der Waals surface area contributed by atoms with Gasteiger partial charge >= 0.3 is 6.03 Å². The van der Waals surface area contributed by atoms with Crippen molar-refractivity contribution in [2.24, 2.45) is 0 Å². The van der Waals surface area contributed by atoms with Gasteiger partial charge in [-0.05, 0) is 54.8 Å². The molecule has 0 heterocycles. The van der Waals surface area contributed by atoms with Gasteiger partial charge in [0.15, 0.2) is 5.78 Å². The maximum Gasteiger partial charge on any atom is 0.323 e. The van der Waals surface area contributed by atoms with E-state index in [1.807, 2.05) is 24.3 Å². The van der Waals surface area contributed by atoms with Crippen LogP contribution in [0.2, 0.25) is 0 Å². The van der Waals surface area contributed by atoms with Gasteiger partial charge in [-0.3, -0.25) is 4.79 Å². The predicted octanol–water partition coefficient (Wildman–Crippen LogP) is 4.66. The number of ketones is 1. The molecule has 0 saturated heterocycles. The maximum atomic E-state index is 11.9. The van der Waals surface area contributed by atoms with E-state index in [9.17, 15) is 9.59 Å². The highest BCUT2D eigenvalue weighted by Gasteiger charge is 2.05. The number of carbonyl (C=O) groups excluding carboxylic acids is 2. The smallest absolute Gasteiger partial charge is 0.308 e. The number of anilines is 2. The fourth-order valence-corrected chi connectivity index (χ4v) is 2.03. The molecule has 2 rings (SSSR count). The molecule has 2 amide bonds. The van der Waals surface area contributed by atoms with Gasteiger partial charge in [-0.1, -0.05) is 26.0 Å². The van der Waals surface area contributed by atoms with Crippen LogP contribution in [-0.4, -0.2) is 11.8 Å². The molecular formula is C18H20N2O2. The highest BCUT2D eigenvalue weighted by molar-refractivity contribution is 6.00. The van der Waals surface area contributed by atoms with Crippen molar-refractivity contribution in [3.05, 3.63) is 59.7 Å². The summed E-state index contributed by atoms with van der Waals surface area (Å²) in [5.41, 5.74) is 3.23. The third-order valence-corrected chi connectivity index (χ3v) is 3.38. The highest BCUT2D eigenvalue weighted by Crippen LogP contribution is 2.17. The van der Waals surface area contributed by atoms with E-state index in [1.165, 1.54) is 12.5 Å². The molecule has 0 fully saturated rings. The fourth-order valence-electron chi connectivity index (χ4n) is 2.03. The molecule has 0 aromatic heterocycles. The maximum absolute atomic E-state index is 11.9. The molecule has 4 heteroatoms. The molecule has 2 aromatic rings. The summed E-state index contributed by atoms with van der Waals surface area (Å²) < 4.78 is 0. The van der Waals surface area contributed by atoms with Crippen molar-refractivity contribution in [1.29, 1.82) is 0 Å². The van der Waals surface area contributed by atoms with E-state index in [2.05, 4.69) is 24.5 Å². The first kappa shape index (κ1) is 15.8. The van der Waals surface area contributed by atoms with E-state index in [0.29, 0.717) is 17.2 Å². The Morgan fingerprint density at radius 1 is 0.818 bits per heavy atom. The van der Waals surface area contributed by atoms with Gasteiger partial charge in [-0.25, -0.2) is 4.79 Å². The Bertz CT molecular complexity index is 658. The summed E-state index contributed by atoms with van der Waals surface area (Å²) >= 11 is 0. The number of rotatable bonds is 4. The van der Waals surface area contributed by atoms with Gasteiger partial charge in [0, 0.05) is 16.9 Å². The molecule has 4 nitrogen and oxygen atoms in total. The molecule has 0 aliphatic rings. The van der Waals surface area contributed by atoms with Gasteiger partial charge in [0.2, 0.25) is 0 Å². The van der Waals surface area contributed by atoms with E-state index < -0.39 is 0 Å². The molecular weight excluding hydrogens is 276 g/mol. The summed E-state index contributed by atoms with van der Waals surface area (Å²) in [6.45, 7) is 5.76. The molecule has 2 aromatic carbocycles. The number of hydrogen-bond acceptors (Lipinski definition) is 2. The van der Waals surface area contributed by atoms with Gasteiger partial charge in [-0.15, -0.1) is 0 Å². The summed E-state index contributed by atoms with van der Waals surface area (Å²) in [4.78, 5) is 23.1. The van der Waals surface area contributed by atoms with Crippen LogP contribution in [-0.2, 0) is 0 Å². The standard InChI is InChI=1S/C18H20N2O2/c1-12(2)14-4-8-16(9-5-14)19-18(22)20-17-10-6-15(7-11-17)13(3)21/h4-12H,1-3H3,(H2,19,20,22). The van der Waals surface area contributed by atoms with Crippen molar-refractivity contribution < 1.29 is 9.59 Å². The van der Waals surface area contributed by atoms with Crippen LogP contribution in [0.5, 0.6) is 0 Å². The van der Waals surface area contributed by atoms with Crippen LogP contribution in [0.4, 0.5) is 16.2 Å². The Morgan fingerprint density at radius 3 is 1.68 bits per heavy atom. The Morgan fingerprint density at radius 2 is 1.27 bits per heavy atom. The van der Waals surface area contributed by atoms with Crippen molar-refractivity contribution in [3.8, 4) is 0 Å². The lowest BCUT2D eigenvalue weighted by Gasteiger charge is -2.10. The van der Waals surface area contributed by atoms with E-state index in [4.69, 9.17) is 0 Å². The molecule has 0 aliphatic heterocycles. The van der Waals surface area contributed by atoms with Gasteiger partial charge in [0.1, 0.15) is 0 Å². The van der Waals surface area contributed by atoms with E-state index >= 15 is 0 Å². The molecule has 0 radical (unpaired) electrons. The first-order valence-corrected chi connectivity index (χ1v) is 7.24.